The van der Waals surface area contributed by atoms with E-state index >= 15 is 0 Å². The van der Waals surface area contributed by atoms with Crippen molar-refractivity contribution in [3.05, 3.63) is 35.4 Å². The normalized spacial score (nSPS) is 24.9. The summed E-state index contributed by atoms with van der Waals surface area (Å²) in [6.07, 6.45) is -0.912. The van der Waals surface area contributed by atoms with Gasteiger partial charge in [-0.05, 0) is 48.9 Å². The van der Waals surface area contributed by atoms with Crippen LogP contribution in [0.15, 0.2) is 24.3 Å². The number of hydrogen-bond donors (Lipinski definition) is 1. The summed E-state index contributed by atoms with van der Waals surface area (Å²) in [7, 11) is 0. The Balaban J connectivity index is 2.25. The number of benzene rings is 1. The lowest BCUT2D eigenvalue weighted by atomic mass is 9.90. The van der Waals surface area contributed by atoms with E-state index < -0.39 is 11.7 Å². The number of alkyl halides is 3. The molecule has 0 saturated heterocycles. The molecule has 1 aliphatic carbocycles. The van der Waals surface area contributed by atoms with Gasteiger partial charge in [-0.1, -0.05) is 32.4 Å². The SMILES string of the molecule is CCNC(c1cccc(C(F)(F)F)c1)C1CCC(C)C1. The molecule has 4 heteroatoms. The summed E-state index contributed by atoms with van der Waals surface area (Å²) in [6.45, 7) is 4.99. The maximum Gasteiger partial charge on any atom is 0.416 e. The number of nitrogens with one attached hydrogen (secondary N) is 1. The molecule has 1 nitrogen and oxygen atoms in total. The van der Waals surface area contributed by atoms with Crippen LogP contribution in [0.4, 0.5) is 13.2 Å². The zero-order chi connectivity index (χ0) is 14.8. The van der Waals surface area contributed by atoms with Crippen LogP contribution in [0.2, 0.25) is 0 Å². The average molecular weight is 285 g/mol. The first-order valence-corrected chi connectivity index (χ1v) is 7.32. The van der Waals surface area contributed by atoms with Crippen molar-refractivity contribution in [3.63, 3.8) is 0 Å². The first-order chi connectivity index (χ1) is 9.41. The minimum absolute atomic E-state index is 0.0345. The molecule has 0 radical (unpaired) electrons. The van der Waals surface area contributed by atoms with E-state index in [9.17, 15) is 13.2 Å². The van der Waals surface area contributed by atoms with Gasteiger partial charge in [-0.3, -0.25) is 0 Å². The third kappa shape index (κ3) is 3.54. The standard InChI is InChI=1S/C16H22F3N/c1-3-20-15(13-8-7-11(2)9-13)12-5-4-6-14(10-12)16(17,18)19/h4-6,10-11,13,15,20H,3,7-9H2,1-2H3. The Morgan fingerprint density at radius 1 is 1.30 bits per heavy atom. The Morgan fingerprint density at radius 3 is 2.60 bits per heavy atom. The van der Waals surface area contributed by atoms with E-state index in [1.807, 2.05) is 13.0 Å². The van der Waals surface area contributed by atoms with Crippen molar-refractivity contribution in [1.82, 2.24) is 5.32 Å². The van der Waals surface area contributed by atoms with Gasteiger partial charge in [0.1, 0.15) is 0 Å². The first-order valence-electron chi connectivity index (χ1n) is 7.32. The lowest BCUT2D eigenvalue weighted by Gasteiger charge is -2.25. The molecule has 1 N–H and O–H groups in total. The fraction of sp³-hybridized carbons (Fsp3) is 0.625. The summed E-state index contributed by atoms with van der Waals surface area (Å²) in [5.41, 5.74) is 0.213. The Bertz CT molecular complexity index is 442. The van der Waals surface area contributed by atoms with Gasteiger partial charge in [-0.15, -0.1) is 0 Å². The molecular formula is C16H22F3N. The van der Waals surface area contributed by atoms with Gasteiger partial charge < -0.3 is 5.32 Å². The van der Waals surface area contributed by atoms with Crippen LogP contribution < -0.4 is 5.32 Å². The molecule has 3 atom stereocenters. The quantitative estimate of drug-likeness (QED) is 0.838. The lowest BCUT2D eigenvalue weighted by Crippen LogP contribution is -2.27. The highest BCUT2D eigenvalue weighted by molar-refractivity contribution is 5.28. The number of hydrogen-bond acceptors (Lipinski definition) is 1. The zero-order valence-electron chi connectivity index (χ0n) is 12.0. The van der Waals surface area contributed by atoms with Crippen LogP contribution in [0.3, 0.4) is 0 Å². The van der Waals surface area contributed by atoms with Crippen LogP contribution in [-0.4, -0.2) is 6.54 Å². The van der Waals surface area contributed by atoms with E-state index in [1.165, 1.54) is 18.6 Å². The number of rotatable bonds is 4. The van der Waals surface area contributed by atoms with Gasteiger partial charge in [-0.2, -0.15) is 13.2 Å². The van der Waals surface area contributed by atoms with Crippen LogP contribution in [-0.2, 0) is 6.18 Å². The van der Waals surface area contributed by atoms with Crippen molar-refractivity contribution in [2.45, 2.75) is 45.3 Å². The molecule has 3 unspecified atom stereocenters. The molecule has 112 valence electrons. The summed E-state index contributed by atoms with van der Waals surface area (Å²) in [5, 5.41) is 3.37. The minimum Gasteiger partial charge on any atom is -0.310 e. The maximum absolute atomic E-state index is 12.8. The van der Waals surface area contributed by atoms with Crippen LogP contribution in [0, 0.1) is 11.8 Å². The van der Waals surface area contributed by atoms with Crippen LogP contribution in [0.1, 0.15) is 50.3 Å². The third-order valence-electron chi connectivity index (χ3n) is 4.20. The summed E-state index contributed by atoms with van der Waals surface area (Å²) in [6, 6.07) is 5.80. The van der Waals surface area contributed by atoms with Gasteiger partial charge in [0.05, 0.1) is 5.56 Å². The maximum atomic E-state index is 12.8. The Labute approximate surface area is 118 Å². The van der Waals surface area contributed by atoms with Gasteiger partial charge in [0, 0.05) is 6.04 Å². The molecule has 1 fully saturated rings. The second kappa shape index (κ2) is 6.17. The van der Waals surface area contributed by atoms with Crippen molar-refractivity contribution in [3.8, 4) is 0 Å². The lowest BCUT2D eigenvalue weighted by molar-refractivity contribution is -0.137. The Hall–Kier alpha value is -1.03. The molecule has 1 aromatic carbocycles. The molecule has 1 aliphatic rings. The van der Waals surface area contributed by atoms with Crippen LogP contribution in [0.5, 0.6) is 0 Å². The van der Waals surface area contributed by atoms with E-state index in [0.29, 0.717) is 11.8 Å². The molecule has 1 saturated carbocycles. The van der Waals surface area contributed by atoms with E-state index in [0.717, 1.165) is 31.0 Å². The largest absolute Gasteiger partial charge is 0.416 e. The molecule has 0 amide bonds. The van der Waals surface area contributed by atoms with Crippen molar-refractivity contribution in [2.24, 2.45) is 11.8 Å². The fourth-order valence-electron chi connectivity index (χ4n) is 3.24. The molecule has 0 bridgehead atoms. The smallest absolute Gasteiger partial charge is 0.310 e. The van der Waals surface area contributed by atoms with E-state index in [1.54, 1.807) is 0 Å². The predicted molar refractivity (Wildman–Crippen MR) is 74.4 cm³/mol. The minimum atomic E-state index is -4.27. The van der Waals surface area contributed by atoms with E-state index in [4.69, 9.17) is 0 Å². The fourth-order valence-corrected chi connectivity index (χ4v) is 3.24. The van der Waals surface area contributed by atoms with E-state index in [2.05, 4.69) is 12.2 Å². The third-order valence-corrected chi connectivity index (χ3v) is 4.20. The molecule has 0 aliphatic heterocycles. The summed E-state index contributed by atoms with van der Waals surface area (Å²) < 4.78 is 38.5. The monoisotopic (exact) mass is 285 g/mol. The van der Waals surface area contributed by atoms with Gasteiger partial charge in [0.25, 0.3) is 0 Å². The van der Waals surface area contributed by atoms with Crippen molar-refractivity contribution < 1.29 is 13.2 Å². The highest BCUT2D eigenvalue weighted by atomic mass is 19.4. The van der Waals surface area contributed by atoms with Crippen molar-refractivity contribution in [2.75, 3.05) is 6.54 Å². The second-order valence-electron chi connectivity index (χ2n) is 5.84. The Kier molecular flexibility index (Phi) is 4.74. The molecule has 2 rings (SSSR count). The van der Waals surface area contributed by atoms with Gasteiger partial charge in [0.15, 0.2) is 0 Å². The predicted octanol–water partition coefficient (Wildman–Crippen LogP) is 4.79. The molecule has 20 heavy (non-hydrogen) atoms. The zero-order valence-corrected chi connectivity index (χ0v) is 12.0. The summed E-state index contributed by atoms with van der Waals surface area (Å²) in [5.74, 6) is 1.11. The summed E-state index contributed by atoms with van der Waals surface area (Å²) in [4.78, 5) is 0. The topological polar surface area (TPSA) is 12.0 Å². The Morgan fingerprint density at radius 2 is 2.05 bits per heavy atom. The van der Waals surface area contributed by atoms with Crippen LogP contribution >= 0.6 is 0 Å². The van der Waals surface area contributed by atoms with Gasteiger partial charge in [-0.25, -0.2) is 0 Å². The second-order valence-corrected chi connectivity index (χ2v) is 5.84. The molecule has 0 aromatic heterocycles. The van der Waals surface area contributed by atoms with Crippen molar-refractivity contribution in [1.29, 1.82) is 0 Å². The highest BCUT2D eigenvalue weighted by Crippen LogP contribution is 2.40. The molecule has 1 aromatic rings. The van der Waals surface area contributed by atoms with Crippen molar-refractivity contribution >= 4 is 0 Å². The van der Waals surface area contributed by atoms with Crippen LogP contribution in [0.25, 0.3) is 0 Å². The molecule has 0 heterocycles. The van der Waals surface area contributed by atoms with Gasteiger partial charge >= 0.3 is 6.18 Å². The van der Waals surface area contributed by atoms with E-state index in [-0.39, 0.29) is 6.04 Å². The van der Waals surface area contributed by atoms with Gasteiger partial charge in [0.2, 0.25) is 0 Å². The number of halogens is 3. The summed E-state index contributed by atoms with van der Waals surface area (Å²) >= 11 is 0. The first kappa shape index (κ1) is 15.4. The molecule has 0 spiro atoms. The highest BCUT2D eigenvalue weighted by Gasteiger charge is 2.33. The average Bonchev–Trinajstić information content (AvgIpc) is 2.81. The molecular weight excluding hydrogens is 263 g/mol.